The van der Waals surface area contributed by atoms with E-state index in [4.69, 9.17) is 9.47 Å². The van der Waals surface area contributed by atoms with Crippen LogP contribution >= 0.6 is 0 Å². The van der Waals surface area contributed by atoms with Crippen LogP contribution in [0, 0.1) is 12.8 Å². The van der Waals surface area contributed by atoms with Crippen molar-refractivity contribution < 1.29 is 9.47 Å². The fraction of sp³-hybridized carbons (Fsp3) is 0.647. The van der Waals surface area contributed by atoms with Crippen LogP contribution in [-0.2, 0) is 15.9 Å². The molecule has 20 heavy (non-hydrogen) atoms. The highest BCUT2D eigenvalue weighted by molar-refractivity contribution is 5.21. The summed E-state index contributed by atoms with van der Waals surface area (Å²) in [6.07, 6.45) is 3.45. The molecule has 114 valence electrons. The van der Waals surface area contributed by atoms with Gasteiger partial charge >= 0.3 is 0 Å². The first-order chi connectivity index (χ1) is 9.76. The molecule has 0 amide bonds. The van der Waals surface area contributed by atoms with Crippen LogP contribution in [0.2, 0.25) is 0 Å². The molecule has 0 aromatic heterocycles. The molecule has 1 rings (SSSR count). The van der Waals surface area contributed by atoms with E-state index >= 15 is 0 Å². The number of hydrogen-bond donors (Lipinski definition) is 1. The molecule has 1 aromatic rings. The maximum Gasteiger partial charge on any atom is 0.0587 e. The Balaban J connectivity index is 2.41. The fourth-order valence-corrected chi connectivity index (χ4v) is 2.33. The van der Waals surface area contributed by atoms with E-state index < -0.39 is 0 Å². The number of benzene rings is 1. The summed E-state index contributed by atoms with van der Waals surface area (Å²) >= 11 is 0. The first-order valence-corrected chi connectivity index (χ1v) is 7.50. The largest absolute Gasteiger partial charge is 0.385 e. The Hall–Kier alpha value is -0.900. The van der Waals surface area contributed by atoms with Crippen molar-refractivity contribution in [2.45, 2.75) is 26.2 Å². The van der Waals surface area contributed by atoms with Gasteiger partial charge in [0.2, 0.25) is 0 Å². The van der Waals surface area contributed by atoms with Gasteiger partial charge in [0.25, 0.3) is 0 Å². The van der Waals surface area contributed by atoms with Gasteiger partial charge in [0.05, 0.1) is 6.61 Å². The van der Waals surface area contributed by atoms with Crippen LogP contribution in [0.5, 0.6) is 0 Å². The second-order valence-electron chi connectivity index (χ2n) is 5.39. The predicted molar refractivity (Wildman–Crippen MR) is 84.2 cm³/mol. The van der Waals surface area contributed by atoms with E-state index in [9.17, 15) is 0 Å². The molecule has 0 fully saturated rings. The topological polar surface area (TPSA) is 30.5 Å². The van der Waals surface area contributed by atoms with Crippen LogP contribution < -0.4 is 5.32 Å². The van der Waals surface area contributed by atoms with Crippen molar-refractivity contribution >= 4 is 0 Å². The maximum absolute atomic E-state index is 5.16. The number of methoxy groups -OCH3 is 2. The number of ether oxygens (including phenoxy) is 2. The molecular formula is C17H29NO2. The van der Waals surface area contributed by atoms with Crippen LogP contribution in [-0.4, -0.2) is 40.5 Å². The summed E-state index contributed by atoms with van der Waals surface area (Å²) in [6, 6.07) is 8.88. The molecule has 0 spiro atoms. The molecule has 3 nitrogen and oxygen atoms in total. The second kappa shape index (κ2) is 10.8. The molecule has 0 saturated carbocycles. The smallest absolute Gasteiger partial charge is 0.0587 e. The van der Waals surface area contributed by atoms with Crippen molar-refractivity contribution in [3.8, 4) is 0 Å². The zero-order chi connectivity index (χ0) is 14.6. The average Bonchev–Trinajstić information content (AvgIpc) is 2.46. The summed E-state index contributed by atoms with van der Waals surface area (Å²) in [7, 11) is 3.51. The van der Waals surface area contributed by atoms with Gasteiger partial charge in [-0.2, -0.15) is 0 Å². The van der Waals surface area contributed by atoms with Crippen LogP contribution in [0.1, 0.15) is 24.0 Å². The molecule has 0 radical (unpaired) electrons. The highest BCUT2D eigenvalue weighted by Gasteiger charge is 2.09. The first kappa shape index (κ1) is 17.2. The van der Waals surface area contributed by atoms with E-state index in [-0.39, 0.29) is 0 Å². The molecule has 0 heterocycles. The molecule has 1 unspecified atom stereocenters. The van der Waals surface area contributed by atoms with E-state index in [1.54, 1.807) is 14.2 Å². The Kier molecular flexibility index (Phi) is 9.29. The van der Waals surface area contributed by atoms with E-state index in [1.807, 2.05) is 0 Å². The Morgan fingerprint density at radius 2 is 1.75 bits per heavy atom. The van der Waals surface area contributed by atoms with Crippen molar-refractivity contribution in [2.75, 3.05) is 40.5 Å². The lowest BCUT2D eigenvalue weighted by Crippen LogP contribution is -2.27. The summed E-state index contributed by atoms with van der Waals surface area (Å²) in [6.45, 7) is 5.72. The Labute approximate surface area is 123 Å². The normalized spacial score (nSPS) is 12.6. The lowest BCUT2D eigenvalue weighted by molar-refractivity contribution is 0.183. The molecule has 1 aromatic carbocycles. The van der Waals surface area contributed by atoms with Gasteiger partial charge in [0, 0.05) is 27.4 Å². The SMILES string of the molecule is COCCCC(CNCCOC)Cc1ccc(C)cc1. The Morgan fingerprint density at radius 1 is 1.05 bits per heavy atom. The van der Waals surface area contributed by atoms with Crippen LogP contribution in [0.4, 0.5) is 0 Å². The third-order valence-corrected chi connectivity index (χ3v) is 3.52. The van der Waals surface area contributed by atoms with Crippen molar-refractivity contribution in [3.63, 3.8) is 0 Å². The summed E-state index contributed by atoms with van der Waals surface area (Å²) in [5.41, 5.74) is 2.74. The van der Waals surface area contributed by atoms with E-state index in [1.165, 1.54) is 17.5 Å². The molecule has 0 aliphatic rings. The highest BCUT2D eigenvalue weighted by atomic mass is 16.5. The summed E-state index contributed by atoms with van der Waals surface area (Å²) in [5, 5.41) is 3.48. The quantitative estimate of drug-likeness (QED) is 0.632. The van der Waals surface area contributed by atoms with Crippen molar-refractivity contribution in [1.29, 1.82) is 0 Å². The van der Waals surface area contributed by atoms with Gasteiger partial charge in [-0.1, -0.05) is 29.8 Å². The lowest BCUT2D eigenvalue weighted by atomic mass is 9.94. The molecule has 1 N–H and O–H groups in total. The molecule has 0 aliphatic heterocycles. The Morgan fingerprint density at radius 3 is 2.40 bits per heavy atom. The van der Waals surface area contributed by atoms with Gasteiger partial charge < -0.3 is 14.8 Å². The van der Waals surface area contributed by atoms with Gasteiger partial charge in [-0.15, -0.1) is 0 Å². The minimum absolute atomic E-state index is 0.657. The van der Waals surface area contributed by atoms with E-state index in [0.717, 1.165) is 39.1 Å². The number of hydrogen-bond acceptors (Lipinski definition) is 3. The highest BCUT2D eigenvalue weighted by Crippen LogP contribution is 2.14. The second-order valence-corrected chi connectivity index (χ2v) is 5.39. The number of nitrogens with one attached hydrogen (secondary N) is 1. The molecule has 0 saturated heterocycles. The molecule has 0 aliphatic carbocycles. The zero-order valence-electron chi connectivity index (χ0n) is 13.2. The molecule has 0 bridgehead atoms. The van der Waals surface area contributed by atoms with Crippen molar-refractivity contribution in [2.24, 2.45) is 5.92 Å². The van der Waals surface area contributed by atoms with Crippen LogP contribution in [0.3, 0.4) is 0 Å². The van der Waals surface area contributed by atoms with E-state index in [0.29, 0.717) is 5.92 Å². The molecular weight excluding hydrogens is 250 g/mol. The van der Waals surface area contributed by atoms with Crippen molar-refractivity contribution in [1.82, 2.24) is 5.32 Å². The van der Waals surface area contributed by atoms with Gasteiger partial charge in [0.1, 0.15) is 0 Å². The van der Waals surface area contributed by atoms with Gasteiger partial charge in [-0.05, 0) is 44.2 Å². The third kappa shape index (κ3) is 7.63. The van der Waals surface area contributed by atoms with E-state index in [2.05, 4.69) is 36.5 Å². The first-order valence-electron chi connectivity index (χ1n) is 7.50. The minimum atomic E-state index is 0.657. The van der Waals surface area contributed by atoms with Gasteiger partial charge in [-0.25, -0.2) is 0 Å². The standard InChI is InChI=1S/C17H29NO2/c1-15-6-8-16(9-7-15)13-17(5-4-11-19-2)14-18-10-12-20-3/h6-9,17-18H,4-5,10-14H2,1-3H3. The number of rotatable bonds is 11. The third-order valence-electron chi connectivity index (χ3n) is 3.52. The summed E-state index contributed by atoms with van der Waals surface area (Å²) in [5.74, 6) is 0.657. The van der Waals surface area contributed by atoms with Crippen LogP contribution in [0.25, 0.3) is 0 Å². The molecule has 3 heteroatoms. The average molecular weight is 279 g/mol. The van der Waals surface area contributed by atoms with Crippen molar-refractivity contribution in [3.05, 3.63) is 35.4 Å². The van der Waals surface area contributed by atoms with Gasteiger partial charge in [0.15, 0.2) is 0 Å². The summed E-state index contributed by atoms with van der Waals surface area (Å²) in [4.78, 5) is 0. The van der Waals surface area contributed by atoms with Gasteiger partial charge in [-0.3, -0.25) is 0 Å². The lowest BCUT2D eigenvalue weighted by Gasteiger charge is -2.18. The Bertz CT molecular complexity index is 337. The maximum atomic E-state index is 5.16. The zero-order valence-corrected chi connectivity index (χ0v) is 13.2. The number of aryl methyl sites for hydroxylation is 1. The summed E-state index contributed by atoms with van der Waals surface area (Å²) < 4.78 is 10.2. The molecule has 1 atom stereocenters. The monoisotopic (exact) mass is 279 g/mol. The predicted octanol–water partition coefficient (Wildman–Crippen LogP) is 2.82. The van der Waals surface area contributed by atoms with Crippen LogP contribution in [0.15, 0.2) is 24.3 Å². The fourth-order valence-electron chi connectivity index (χ4n) is 2.33. The minimum Gasteiger partial charge on any atom is -0.385 e.